The summed E-state index contributed by atoms with van der Waals surface area (Å²) in [7, 11) is 0. The van der Waals surface area contributed by atoms with Crippen molar-refractivity contribution in [3.63, 3.8) is 0 Å². The van der Waals surface area contributed by atoms with Gasteiger partial charge in [-0.15, -0.1) is 0 Å². The van der Waals surface area contributed by atoms with Gasteiger partial charge in [0, 0.05) is 25.9 Å². The Morgan fingerprint density at radius 1 is 0.380 bits per heavy atom. The molecule has 0 aliphatic carbocycles. The average Bonchev–Trinajstić information content (AvgIpc) is 1.71. The van der Waals surface area contributed by atoms with E-state index < -0.39 is 304 Å². The number of guanidine groups is 1. The van der Waals surface area contributed by atoms with Crippen LogP contribution in [-0.4, -0.2) is 304 Å². The number of aliphatic carboxylic acids is 3. The number of carboxylic acid groups (broad SMARTS) is 3. The second-order valence-corrected chi connectivity index (χ2v) is 33.9. The van der Waals surface area contributed by atoms with Crippen molar-refractivity contribution in [2.45, 2.75) is 285 Å². The fourth-order valence-electron chi connectivity index (χ4n) is 12.7. The molecule has 129 heavy (non-hydrogen) atoms. The van der Waals surface area contributed by atoms with Crippen LogP contribution in [0.1, 0.15) is 194 Å². The van der Waals surface area contributed by atoms with Crippen LogP contribution in [-0.2, 0) is 101 Å². The topological polar surface area (TPSA) is 758 Å². The second kappa shape index (κ2) is 58.5. The first kappa shape index (κ1) is 115. The summed E-state index contributed by atoms with van der Waals surface area (Å²) in [5, 5.41) is 89.9. The predicted octanol–water partition coefficient (Wildman–Crippen LogP) is -7.49. The fourth-order valence-corrected chi connectivity index (χ4v) is 12.7. The maximum absolute atomic E-state index is 14.4. The molecule has 0 aromatic heterocycles. The summed E-state index contributed by atoms with van der Waals surface area (Å²) in [6.45, 7) is 20.7. The number of nitrogens with two attached hydrogens (primary N) is 3. The monoisotopic (exact) mass is 1840 g/mol. The van der Waals surface area contributed by atoms with Gasteiger partial charge in [0.1, 0.15) is 84.6 Å². The van der Waals surface area contributed by atoms with Gasteiger partial charge in [-0.1, -0.05) is 110 Å². The largest absolute Gasteiger partial charge is 0.481 e. The molecule has 28 N–H and O–H groups in total. The first-order valence-electron chi connectivity index (χ1n) is 43.3. The molecule has 17 atom stereocenters. The zero-order chi connectivity index (χ0) is 98.6. The Morgan fingerprint density at radius 2 is 0.752 bits per heavy atom. The molecule has 0 unspecified atom stereocenters. The minimum Gasteiger partial charge on any atom is -0.481 e. The molecule has 1 heterocycles. The SMILES string of the molecule is CC[C@H](C)[C@H](NC(=O)CNC(=O)[C@H](CCC(=O)O)NC(=O)[C@H](CCC(=O)O)NC(=O)[C@@H](N)C(C)C)C(=O)N[C@H](C(=O)N[C@@H](CC(C)C)C(=O)NCC(=O)NCC(=O)NCC(=O)N[C@@H](CO)C(=O)N[C@@H](C)C(=O)N[C@@H](CC(C)C)C(=O)N[C@@H](CC(C)C)C(=O)N[C@@H](CCCN=C(N)N)C(=O)N[C@@H](CO)C(=O)N[C@H](C(=O)N1CCC[C@H]1C(=O)N[C@@H](C)C(=O)O)[C@@H](C)CC)C(C)C. The Kier molecular flexibility index (Phi) is 52.1. The van der Waals surface area contributed by atoms with Crippen LogP contribution >= 0.6 is 0 Å². The number of hydrogen-bond acceptors (Lipinski definition) is 25. The van der Waals surface area contributed by atoms with Gasteiger partial charge in [-0.3, -0.25) is 106 Å². The number of hydrogen-bond donors (Lipinski definition) is 25. The number of aliphatic hydroxyl groups excluding tert-OH is 2. The molecule has 1 fully saturated rings. The van der Waals surface area contributed by atoms with Gasteiger partial charge in [0.25, 0.3) is 0 Å². The molecule has 0 spiro atoms. The third-order valence-electron chi connectivity index (χ3n) is 20.7. The number of carbonyl (C=O) groups excluding carboxylic acids is 18. The zero-order valence-corrected chi connectivity index (χ0v) is 76.5. The normalized spacial score (nSPS) is 16.1. The Labute approximate surface area is 749 Å². The van der Waals surface area contributed by atoms with E-state index in [1.165, 1.54) is 18.7 Å². The van der Waals surface area contributed by atoms with E-state index in [2.05, 4.69) is 95.4 Å². The Balaban J connectivity index is 3.13. The van der Waals surface area contributed by atoms with Crippen molar-refractivity contribution in [2.75, 3.05) is 52.5 Å². The fraction of sp³-hybridized carbons (Fsp3) is 0.728. The number of likely N-dealkylation sites (tertiary alicyclic amines) is 1. The molecular formula is C81H140N22O26. The highest BCUT2D eigenvalue weighted by Gasteiger charge is 2.43. The van der Waals surface area contributed by atoms with E-state index in [0.717, 1.165) is 0 Å². The molecule has 0 radical (unpaired) electrons. The van der Waals surface area contributed by atoms with Gasteiger partial charge < -0.3 is 138 Å². The first-order chi connectivity index (χ1) is 60.2. The lowest BCUT2D eigenvalue weighted by Crippen LogP contribution is -2.61. The third-order valence-corrected chi connectivity index (χ3v) is 20.7. The zero-order valence-electron chi connectivity index (χ0n) is 76.5. The van der Waals surface area contributed by atoms with Crippen molar-refractivity contribution < 1.29 is 126 Å². The summed E-state index contributed by atoms with van der Waals surface area (Å²) in [5.74, 6) is -24.0. The van der Waals surface area contributed by atoms with Crippen LogP contribution in [0.15, 0.2) is 4.99 Å². The minimum atomic E-state index is -1.74. The van der Waals surface area contributed by atoms with Crippen molar-refractivity contribution in [3.05, 3.63) is 0 Å². The summed E-state index contributed by atoms with van der Waals surface area (Å²) in [5.41, 5.74) is 17.0. The maximum Gasteiger partial charge on any atom is 0.325 e. The summed E-state index contributed by atoms with van der Waals surface area (Å²) >= 11 is 0. The van der Waals surface area contributed by atoms with Gasteiger partial charge in [0.05, 0.1) is 45.4 Å². The van der Waals surface area contributed by atoms with E-state index in [9.17, 15) is 126 Å². The first-order valence-corrected chi connectivity index (χ1v) is 43.3. The standard InChI is InChI=1S/C81H140N22O26/c1-17-43(13)64(100-59(109)35-89-67(115)48(23-25-60(110)111)94-70(118)49(24-26-61(112)113)95-76(124)62(82)41(9)10)78(126)101-63(42(11)12)77(125)98-50(29-38(3)4)68(116)88-33-57(107)86-32-56(106)87-34-58(108)92-53(36-104)73(121)90-45(15)66(114)96-51(30-39(5)6)72(120)97-52(31-40(7)8)71(119)93-47(21-19-27-85-81(83)84)69(117)99-54(37-105)74(122)102-65(44(14)18-2)79(127)103-28-20-22-55(103)75(123)91-46(16)80(128)129/h38-55,62-65,104-105H,17-37,82H2,1-16H3,(H,86,107)(H,87,106)(H,88,116)(H,89,115)(H,90,121)(H,91,123)(H,92,108)(H,93,119)(H,94,118)(H,95,124)(H,96,114)(H,97,120)(H,98,125)(H,99,117)(H,100,109)(H,101,126)(H,102,122)(H,110,111)(H,112,113)(H,128,129)(H4,83,84,85)/t43-,44-,45-,46-,47-,48-,49-,50-,51-,52-,53-,54-,55-,62-,63-,64-,65-/m0/s1. The lowest BCUT2D eigenvalue weighted by atomic mass is 9.96. The van der Waals surface area contributed by atoms with Gasteiger partial charge >= 0.3 is 17.9 Å². The Hall–Kier alpha value is -12.0. The summed E-state index contributed by atoms with van der Waals surface area (Å²) in [4.78, 5) is 285. The van der Waals surface area contributed by atoms with E-state index in [-0.39, 0.29) is 81.7 Å². The van der Waals surface area contributed by atoms with Crippen molar-refractivity contribution in [1.82, 2.24) is 95.3 Å². The number of rotatable bonds is 60. The highest BCUT2D eigenvalue weighted by Crippen LogP contribution is 2.23. The lowest BCUT2D eigenvalue weighted by Gasteiger charge is -2.32. The number of amides is 18. The molecule has 0 bridgehead atoms. The molecule has 1 rings (SSSR count). The van der Waals surface area contributed by atoms with Crippen LogP contribution in [0.5, 0.6) is 0 Å². The van der Waals surface area contributed by atoms with Crippen LogP contribution in [0.25, 0.3) is 0 Å². The van der Waals surface area contributed by atoms with E-state index in [0.29, 0.717) is 12.8 Å². The predicted molar refractivity (Wildman–Crippen MR) is 464 cm³/mol. The Bertz CT molecular complexity index is 3880. The molecule has 1 saturated heterocycles. The van der Waals surface area contributed by atoms with Gasteiger partial charge in [-0.05, 0) is 113 Å². The molecule has 18 amide bonds. The molecule has 1 aliphatic heterocycles. The Morgan fingerprint density at radius 3 is 1.22 bits per heavy atom. The quantitative estimate of drug-likeness (QED) is 0.0153. The van der Waals surface area contributed by atoms with E-state index in [4.69, 9.17) is 17.2 Å². The third kappa shape index (κ3) is 43.1. The second-order valence-electron chi connectivity index (χ2n) is 33.9. The lowest BCUT2D eigenvalue weighted by molar-refractivity contribution is -0.145. The van der Waals surface area contributed by atoms with Crippen LogP contribution in [0.3, 0.4) is 0 Å². The van der Waals surface area contributed by atoms with Crippen LogP contribution in [0, 0.1) is 41.4 Å². The van der Waals surface area contributed by atoms with Gasteiger partial charge in [-0.25, -0.2) is 0 Å². The molecule has 48 heteroatoms. The van der Waals surface area contributed by atoms with Gasteiger partial charge in [0.15, 0.2) is 5.96 Å². The highest BCUT2D eigenvalue weighted by molar-refractivity contribution is 6.01. The summed E-state index contributed by atoms with van der Waals surface area (Å²) in [6, 6.07) is -21.2. The van der Waals surface area contributed by atoms with Crippen molar-refractivity contribution >= 4 is 130 Å². The van der Waals surface area contributed by atoms with Crippen LogP contribution in [0.4, 0.5) is 0 Å². The molecule has 1 aliphatic rings. The van der Waals surface area contributed by atoms with Crippen molar-refractivity contribution in [3.8, 4) is 0 Å². The van der Waals surface area contributed by atoms with Gasteiger partial charge in [0.2, 0.25) is 106 Å². The number of aliphatic imine (C=N–C) groups is 1. The smallest absolute Gasteiger partial charge is 0.325 e. The number of nitrogens with zero attached hydrogens (tertiary/aromatic N) is 2. The van der Waals surface area contributed by atoms with Crippen LogP contribution < -0.4 is 108 Å². The molecular weight excluding hydrogens is 1700 g/mol. The van der Waals surface area contributed by atoms with Gasteiger partial charge in [-0.2, -0.15) is 0 Å². The highest BCUT2D eigenvalue weighted by atomic mass is 16.4. The molecule has 0 aromatic carbocycles. The summed E-state index contributed by atoms with van der Waals surface area (Å²) < 4.78 is 0. The minimum absolute atomic E-state index is 0.00186. The molecule has 0 aromatic rings. The number of aliphatic hydroxyl groups is 2. The number of carbonyl (C=O) groups is 21. The average molecular weight is 1840 g/mol. The van der Waals surface area contributed by atoms with E-state index in [1.807, 2.05) is 0 Å². The molecule has 730 valence electrons. The van der Waals surface area contributed by atoms with Crippen molar-refractivity contribution in [1.29, 1.82) is 0 Å². The maximum atomic E-state index is 14.4. The molecule has 0 saturated carbocycles. The number of carboxylic acids is 3. The van der Waals surface area contributed by atoms with E-state index >= 15 is 0 Å². The van der Waals surface area contributed by atoms with Crippen molar-refractivity contribution in [2.24, 2.45) is 63.6 Å². The number of nitrogens with one attached hydrogen (secondary N) is 17. The van der Waals surface area contributed by atoms with E-state index in [1.54, 1.807) is 96.9 Å². The summed E-state index contributed by atoms with van der Waals surface area (Å²) in [6.07, 6.45) is -1.23. The van der Waals surface area contributed by atoms with Crippen LogP contribution in [0.2, 0.25) is 0 Å². The molecule has 48 nitrogen and oxygen atoms in total.